The first-order chi connectivity index (χ1) is 12.8. The maximum Gasteiger partial charge on any atom is 0.222 e. The van der Waals surface area contributed by atoms with Crippen LogP contribution in [0.4, 0.5) is 0 Å². The van der Waals surface area contributed by atoms with Crippen LogP contribution >= 0.6 is 22.7 Å². The van der Waals surface area contributed by atoms with E-state index in [0.29, 0.717) is 12.3 Å². The quantitative estimate of drug-likeness (QED) is 0.643. The van der Waals surface area contributed by atoms with Crippen molar-refractivity contribution in [2.45, 2.75) is 25.8 Å². The zero-order valence-electron chi connectivity index (χ0n) is 14.8. The van der Waals surface area contributed by atoms with Gasteiger partial charge in [0, 0.05) is 44.0 Å². The molecule has 3 heterocycles. The molecule has 1 amide bonds. The SMILES string of the molecule is O=C(CCCc1nc2ccccc2s1)N1CCN(Cc2cccs2)CC1. The number of thiazole rings is 1. The van der Waals surface area contributed by atoms with Gasteiger partial charge in [0.15, 0.2) is 0 Å². The van der Waals surface area contributed by atoms with Gasteiger partial charge in [-0.25, -0.2) is 4.98 Å². The van der Waals surface area contributed by atoms with Crippen LogP contribution in [0.25, 0.3) is 10.2 Å². The van der Waals surface area contributed by atoms with Gasteiger partial charge in [-0.05, 0) is 36.4 Å². The Labute approximate surface area is 162 Å². The second-order valence-corrected chi connectivity index (χ2v) is 8.81. The van der Waals surface area contributed by atoms with E-state index in [1.165, 1.54) is 9.58 Å². The molecule has 1 aliphatic heterocycles. The van der Waals surface area contributed by atoms with Gasteiger partial charge in [-0.2, -0.15) is 0 Å². The third kappa shape index (κ3) is 4.31. The number of aromatic nitrogens is 1. The number of carbonyl (C=O) groups excluding carboxylic acids is 1. The Kier molecular flexibility index (Phi) is 5.62. The second kappa shape index (κ2) is 8.29. The van der Waals surface area contributed by atoms with Crippen LogP contribution in [0, 0.1) is 0 Å². The van der Waals surface area contributed by atoms with Gasteiger partial charge >= 0.3 is 0 Å². The van der Waals surface area contributed by atoms with Crippen LogP contribution in [0.3, 0.4) is 0 Å². The third-order valence-corrected chi connectivity index (χ3v) is 6.76. The first-order valence-electron chi connectivity index (χ1n) is 9.15. The fourth-order valence-corrected chi connectivity index (χ4v) is 5.11. The van der Waals surface area contributed by atoms with Crippen LogP contribution in [0.2, 0.25) is 0 Å². The summed E-state index contributed by atoms with van der Waals surface area (Å²) >= 11 is 3.55. The van der Waals surface area contributed by atoms with Gasteiger partial charge in [-0.1, -0.05) is 18.2 Å². The minimum Gasteiger partial charge on any atom is -0.340 e. The van der Waals surface area contributed by atoms with E-state index in [9.17, 15) is 4.79 Å². The van der Waals surface area contributed by atoms with Gasteiger partial charge in [0.1, 0.15) is 0 Å². The van der Waals surface area contributed by atoms with Gasteiger partial charge in [-0.15, -0.1) is 22.7 Å². The lowest BCUT2D eigenvalue weighted by molar-refractivity contribution is -0.133. The molecule has 1 saturated heterocycles. The lowest BCUT2D eigenvalue weighted by Gasteiger charge is -2.34. The number of hydrogen-bond acceptors (Lipinski definition) is 5. The smallest absolute Gasteiger partial charge is 0.222 e. The van der Waals surface area contributed by atoms with Crippen LogP contribution in [0.5, 0.6) is 0 Å². The normalized spacial score (nSPS) is 15.6. The summed E-state index contributed by atoms with van der Waals surface area (Å²) in [6.07, 6.45) is 2.40. The summed E-state index contributed by atoms with van der Waals surface area (Å²) in [6, 6.07) is 12.5. The largest absolute Gasteiger partial charge is 0.340 e. The Balaban J connectivity index is 1.20. The second-order valence-electron chi connectivity index (χ2n) is 6.67. The molecule has 6 heteroatoms. The van der Waals surface area contributed by atoms with Crippen LogP contribution in [0.15, 0.2) is 41.8 Å². The summed E-state index contributed by atoms with van der Waals surface area (Å²) in [5.41, 5.74) is 1.07. The molecule has 1 aromatic carbocycles. The molecule has 0 saturated carbocycles. The lowest BCUT2D eigenvalue weighted by atomic mass is 10.2. The molecule has 1 fully saturated rings. The average molecular weight is 386 g/mol. The Morgan fingerprint density at radius 1 is 1.08 bits per heavy atom. The van der Waals surface area contributed by atoms with Gasteiger partial charge in [-0.3, -0.25) is 9.69 Å². The summed E-state index contributed by atoms with van der Waals surface area (Å²) in [4.78, 5) is 23.0. The van der Waals surface area contributed by atoms with E-state index >= 15 is 0 Å². The van der Waals surface area contributed by atoms with Crippen molar-refractivity contribution in [2.75, 3.05) is 26.2 Å². The van der Waals surface area contributed by atoms with Gasteiger partial charge in [0.2, 0.25) is 5.91 Å². The monoisotopic (exact) mass is 385 g/mol. The van der Waals surface area contributed by atoms with Crippen molar-refractivity contribution in [3.63, 3.8) is 0 Å². The maximum absolute atomic E-state index is 12.5. The highest BCUT2D eigenvalue weighted by molar-refractivity contribution is 7.18. The fraction of sp³-hybridized carbons (Fsp3) is 0.400. The predicted octanol–water partition coefficient (Wildman–Crippen LogP) is 4.02. The summed E-state index contributed by atoms with van der Waals surface area (Å²) in [5.74, 6) is 0.293. The molecule has 2 aromatic heterocycles. The van der Waals surface area contributed by atoms with Crippen LogP contribution in [-0.4, -0.2) is 46.9 Å². The summed E-state index contributed by atoms with van der Waals surface area (Å²) < 4.78 is 1.23. The van der Waals surface area contributed by atoms with Gasteiger partial charge in [0.05, 0.1) is 15.2 Å². The number of nitrogens with zero attached hydrogens (tertiary/aromatic N) is 3. The average Bonchev–Trinajstić information content (AvgIpc) is 3.31. The van der Waals surface area contributed by atoms with Crippen molar-refractivity contribution in [3.8, 4) is 0 Å². The number of piperazine rings is 1. The van der Waals surface area contributed by atoms with Crippen molar-refractivity contribution in [3.05, 3.63) is 51.7 Å². The first-order valence-corrected chi connectivity index (χ1v) is 10.8. The van der Waals surface area contributed by atoms with E-state index in [4.69, 9.17) is 0 Å². The topological polar surface area (TPSA) is 36.4 Å². The molecule has 0 bridgehead atoms. The number of aryl methyl sites for hydroxylation is 1. The van der Waals surface area contributed by atoms with Gasteiger partial charge in [0.25, 0.3) is 0 Å². The minimum atomic E-state index is 0.293. The predicted molar refractivity (Wildman–Crippen MR) is 109 cm³/mol. The van der Waals surface area contributed by atoms with E-state index in [1.54, 1.807) is 22.7 Å². The van der Waals surface area contributed by atoms with E-state index in [-0.39, 0.29) is 0 Å². The number of para-hydroxylation sites is 1. The Morgan fingerprint density at radius 3 is 2.69 bits per heavy atom. The minimum absolute atomic E-state index is 0.293. The Hall–Kier alpha value is -1.76. The van der Waals surface area contributed by atoms with Crippen LogP contribution in [0.1, 0.15) is 22.7 Å². The highest BCUT2D eigenvalue weighted by Gasteiger charge is 2.21. The molecule has 0 atom stereocenters. The van der Waals surface area contributed by atoms with Crippen molar-refractivity contribution in [2.24, 2.45) is 0 Å². The third-order valence-electron chi connectivity index (χ3n) is 4.80. The summed E-state index contributed by atoms with van der Waals surface area (Å²) in [6.45, 7) is 4.66. The van der Waals surface area contributed by atoms with E-state index in [1.807, 2.05) is 17.0 Å². The van der Waals surface area contributed by atoms with Crippen molar-refractivity contribution >= 4 is 38.8 Å². The number of benzene rings is 1. The van der Waals surface area contributed by atoms with Crippen LogP contribution < -0.4 is 0 Å². The molecule has 4 nitrogen and oxygen atoms in total. The van der Waals surface area contributed by atoms with Crippen molar-refractivity contribution in [1.29, 1.82) is 0 Å². The Morgan fingerprint density at radius 2 is 1.92 bits per heavy atom. The van der Waals surface area contributed by atoms with Crippen LogP contribution in [-0.2, 0) is 17.8 Å². The van der Waals surface area contributed by atoms with Crippen molar-refractivity contribution < 1.29 is 4.79 Å². The first kappa shape index (κ1) is 17.6. The number of carbonyl (C=O) groups is 1. The number of fused-ring (bicyclic) bond motifs is 1. The zero-order valence-corrected chi connectivity index (χ0v) is 16.4. The summed E-state index contributed by atoms with van der Waals surface area (Å²) in [5, 5.41) is 3.26. The number of thiophene rings is 1. The molecule has 0 N–H and O–H groups in total. The Bertz CT molecular complexity index is 818. The fourth-order valence-electron chi connectivity index (χ4n) is 3.35. The lowest BCUT2D eigenvalue weighted by Crippen LogP contribution is -2.48. The highest BCUT2D eigenvalue weighted by Crippen LogP contribution is 2.23. The molecule has 0 aliphatic carbocycles. The molecule has 136 valence electrons. The highest BCUT2D eigenvalue weighted by atomic mass is 32.1. The van der Waals surface area contributed by atoms with Crippen molar-refractivity contribution in [1.82, 2.24) is 14.8 Å². The molecular weight excluding hydrogens is 362 g/mol. The number of amides is 1. The van der Waals surface area contributed by atoms with E-state index in [2.05, 4.69) is 39.5 Å². The maximum atomic E-state index is 12.5. The molecule has 0 radical (unpaired) electrons. The molecular formula is C20H23N3OS2. The number of rotatable bonds is 6. The van der Waals surface area contributed by atoms with E-state index in [0.717, 1.165) is 56.1 Å². The van der Waals surface area contributed by atoms with E-state index < -0.39 is 0 Å². The molecule has 1 aliphatic rings. The molecule has 26 heavy (non-hydrogen) atoms. The molecule has 0 unspecified atom stereocenters. The molecule has 4 rings (SSSR count). The zero-order chi connectivity index (χ0) is 17.8. The van der Waals surface area contributed by atoms with Gasteiger partial charge < -0.3 is 4.90 Å². The molecule has 0 spiro atoms. The summed E-state index contributed by atoms with van der Waals surface area (Å²) in [7, 11) is 0. The number of hydrogen-bond donors (Lipinski definition) is 0. The standard InChI is InChI=1S/C20H23N3OS2/c24-20(9-3-8-19-21-17-6-1-2-7-18(17)26-19)23-12-10-22(11-13-23)15-16-5-4-14-25-16/h1-2,4-7,14H,3,8-13,15H2. The molecule has 3 aromatic rings.